The number of carbonyl (C=O) groups is 1. The number of Topliss-reactive ketones (excluding diaryl/α,β-unsaturated/α-hetero) is 1. The molecule has 47 heavy (non-hydrogen) atoms. The number of aliphatic imine (C=N–C) groups is 1. The topological polar surface area (TPSA) is 188 Å². The number of aliphatic hydroxyl groups is 3. The molecule has 2 bridgehead atoms. The maximum absolute atomic E-state index is 12.9. The Kier molecular flexibility index (Phi) is 13.1. The maximum atomic E-state index is 12.9. The first-order chi connectivity index (χ1) is 22.6. The number of nitrogens with zero attached hydrogens (tertiary/aromatic N) is 1. The standard InChI is InChI=1S/C35H48N4O8/c1-21(2)18-39-35(36)38-14-13-25-16-29-23-8-11-27(42)17-26(41)10-7-22-9-12-30(43)32(46-20-40)28(22)6-4-5-24(15-23)31(45-19-37-3)33(29)47-34(25)44/h9,12,15,21,25,27,34,37,40,42-44H,5,7-8,10-11,13-14,16-20H2,1-3H3,(H3,36,38,39). The van der Waals surface area contributed by atoms with E-state index in [9.17, 15) is 25.2 Å². The monoisotopic (exact) mass is 652 g/mol. The average Bonchev–Trinajstić information content (AvgIpc) is 3.03. The van der Waals surface area contributed by atoms with E-state index in [1.54, 1.807) is 13.1 Å². The molecule has 0 fully saturated rings. The van der Waals surface area contributed by atoms with Crippen molar-refractivity contribution in [3.8, 4) is 34.8 Å². The number of carbonyl (C=O) groups excluding carboxylic acids is 1. The quantitative estimate of drug-likeness (QED) is 0.0860. The summed E-state index contributed by atoms with van der Waals surface area (Å²) in [6.45, 7) is 4.77. The summed E-state index contributed by atoms with van der Waals surface area (Å²) in [5, 5.41) is 48.0. The van der Waals surface area contributed by atoms with E-state index in [0.717, 1.165) is 16.7 Å². The summed E-state index contributed by atoms with van der Waals surface area (Å²) in [4.78, 5) is 17.2. The van der Waals surface area contributed by atoms with Crippen LogP contribution in [0.3, 0.4) is 0 Å². The highest BCUT2D eigenvalue weighted by Crippen LogP contribution is 2.44. The van der Waals surface area contributed by atoms with Crippen LogP contribution in [-0.4, -0.2) is 78.2 Å². The lowest BCUT2D eigenvalue weighted by molar-refractivity contribution is -0.121. The lowest BCUT2D eigenvalue weighted by Crippen LogP contribution is -2.38. The number of phenols is 1. The van der Waals surface area contributed by atoms with Gasteiger partial charge in [-0.15, -0.1) is 0 Å². The number of guanidine groups is 1. The average molecular weight is 653 g/mol. The molecule has 2 aromatic carbocycles. The highest BCUT2D eigenvalue weighted by molar-refractivity contribution is 5.79. The van der Waals surface area contributed by atoms with Crippen LogP contribution in [0, 0.1) is 23.7 Å². The number of hydrogen-bond donors (Lipinski definition) is 7. The number of benzene rings is 2. The van der Waals surface area contributed by atoms with Crippen molar-refractivity contribution < 1.29 is 39.4 Å². The number of nitrogens with two attached hydrogens (primary N) is 1. The van der Waals surface area contributed by atoms with Gasteiger partial charge in [0.15, 0.2) is 35.8 Å². The largest absolute Gasteiger partial charge is 0.504 e. The Morgan fingerprint density at radius 1 is 1.13 bits per heavy atom. The number of ketones is 1. The molecule has 0 radical (unpaired) electrons. The molecule has 0 aromatic heterocycles. The normalized spacial score (nSPS) is 20.1. The van der Waals surface area contributed by atoms with Gasteiger partial charge in [0.2, 0.25) is 6.29 Å². The van der Waals surface area contributed by atoms with E-state index in [1.807, 2.05) is 6.07 Å². The fourth-order valence-electron chi connectivity index (χ4n) is 5.80. The maximum Gasteiger partial charge on any atom is 0.200 e. The third kappa shape index (κ3) is 9.74. The molecule has 256 valence electrons. The molecule has 8 N–H and O–H groups in total. The smallest absolute Gasteiger partial charge is 0.200 e. The van der Waals surface area contributed by atoms with Crippen molar-refractivity contribution in [3.05, 3.63) is 46.0 Å². The van der Waals surface area contributed by atoms with Crippen LogP contribution in [0.25, 0.3) is 0 Å². The zero-order valence-corrected chi connectivity index (χ0v) is 27.5. The van der Waals surface area contributed by atoms with E-state index in [1.165, 1.54) is 6.07 Å². The Morgan fingerprint density at radius 2 is 1.94 bits per heavy atom. The number of nitrogens with one attached hydrogen (secondary N) is 2. The van der Waals surface area contributed by atoms with Crippen molar-refractivity contribution >= 4 is 11.7 Å². The number of aliphatic hydroxyl groups excluding tert-OH is 3. The fraction of sp³-hybridized carbons (Fsp3) is 0.543. The molecule has 3 unspecified atom stereocenters. The summed E-state index contributed by atoms with van der Waals surface area (Å²) in [6, 6.07) is 5.12. The molecule has 0 amide bonds. The third-order valence-electron chi connectivity index (χ3n) is 8.23. The summed E-state index contributed by atoms with van der Waals surface area (Å²) in [5.74, 6) is 7.39. The van der Waals surface area contributed by atoms with Crippen LogP contribution in [-0.2, 0) is 30.5 Å². The Bertz CT molecular complexity index is 1480. The number of aryl methyl sites for hydroxylation is 2. The molecule has 0 saturated heterocycles. The van der Waals surface area contributed by atoms with Crippen molar-refractivity contribution in [2.75, 3.05) is 33.7 Å². The van der Waals surface area contributed by atoms with Crippen molar-refractivity contribution in [1.82, 2.24) is 10.6 Å². The van der Waals surface area contributed by atoms with Crippen LogP contribution in [0.4, 0.5) is 0 Å². The van der Waals surface area contributed by atoms with E-state index in [-0.39, 0.29) is 49.2 Å². The Balaban J connectivity index is 1.72. The molecule has 0 spiro atoms. The molecule has 2 aromatic rings. The van der Waals surface area contributed by atoms with Gasteiger partial charge in [0.05, 0.1) is 11.7 Å². The van der Waals surface area contributed by atoms with E-state index >= 15 is 0 Å². The SMILES string of the molecule is CNCOc1c2cc(c3c1OC(O)C(CCNC(N)=NCC(C)C)C3)CCC(O)CC(=O)CCc1ccc(O)c(OCO)c1C#CC2. The summed E-state index contributed by atoms with van der Waals surface area (Å²) >= 11 is 0. The number of aromatic hydroxyl groups is 1. The van der Waals surface area contributed by atoms with Crippen LogP contribution >= 0.6 is 0 Å². The molecule has 4 rings (SSSR count). The Morgan fingerprint density at radius 3 is 2.68 bits per heavy atom. The second-order valence-corrected chi connectivity index (χ2v) is 12.4. The lowest BCUT2D eigenvalue weighted by Gasteiger charge is -2.33. The first kappa shape index (κ1) is 35.8. The van der Waals surface area contributed by atoms with Gasteiger partial charge in [0.1, 0.15) is 12.5 Å². The molecular formula is C35H48N4O8. The van der Waals surface area contributed by atoms with Gasteiger partial charge >= 0.3 is 0 Å². The number of phenolic OH excluding ortho intramolecular Hbond substituents is 1. The van der Waals surface area contributed by atoms with Gasteiger partial charge in [-0.05, 0) is 62.3 Å². The zero-order valence-electron chi connectivity index (χ0n) is 27.5. The van der Waals surface area contributed by atoms with E-state index in [0.29, 0.717) is 79.7 Å². The van der Waals surface area contributed by atoms with Crippen molar-refractivity contribution in [3.63, 3.8) is 0 Å². The summed E-state index contributed by atoms with van der Waals surface area (Å²) < 4.78 is 17.6. The molecule has 1 aliphatic heterocycles. The van der Waals surface area contributed by atoms with Gasteiger partial charge in [0, 0.05) is 49.4 Å². The van der Waals surface area contributed by atoms with Crippen molar-refractivity contribution in [2.45, 2.75) is 77.6 Å². The second-order valence-electron chi connectivity index (χ2n) is 12.4. The van der Waals surface area contributed by atoms with Gasteiger partial charge in [-0.2, -0.15) is 0 Å². The second kappa shape index (κ2) is 17.2. The molecule has 1 heterocycles. The predicted molar refractivity (Wildman–Crippen MR) is 177 cm³/mol. The Labute approximate surface area is 276 Å². The van der Waals surface area contributed by atoms with Crippen molar-refractivity contribution in [1.29, 1.82) is 0 Å². The van der Waals surface area contributed by atoms with E-state index in [4.69, 9.17) is 19.9 Å². The fourth-order valence-corrected chi connectivity index (χ4v) is 5.80. The minimum absolute atomic E-state index is 0.000791. The van der Waals surface area contributed by atoms with Crippen LogP contribution in [0.1, 0.15) is 67.3 Å². The van der Waals surface area contributed by atoms with Gasteiger partial charge in [-0.25, -0.2) is 0 Å². The lowest BCUT2D eigenvalue weighted by atomic mass is 9.86. The molecule has 0 saturated carbocycles. The van der Waals surface area contributed by atoms with Gasteiger partial charge in [0.25, 0.3) is 0 Å². The van der Waals surface area contributed by atoms with E-state index < -0.39 is 19.2 Å². The van der Waals surface area contributed by atoms with Crippen LogP contribution in [0.2, 0.25) is 0 Å². The number of ether oxygens (including phenoxy) is 3. The predicted octanol–water partition coefficient (Wildman–Crippen LogP) is 1.89. The zero-order chi connectivity index (χ0) is 33.9. The van der Waals surface area contributed by atoms with Crippen LogP contribution in [0.15, 0.2) is 23.2 Å². The Hall–Kier alpha value is -4.02. The van der Waals surface area contributed by atoms with Gasteiger partial charge in [-0.3, -0.25) is 15.1 Å². The van der Waals surface area contributed by atoms with Crippen LogP contribution in [0.5, 0.6) is 23.0 Å². The third-order valence-corrected chi connectivity index (χ3v) is 8.23. The van der Waals surface area contributed by atoms with Gasteiger partial charge < -0.3 is 45.7 Å². The van der Waals surface area contributed by atoms with Gasteiger partial charge in [-0.1, -0.05) is 37.8 Å². The first-order valence-electron chi connectivity index (χ1n) is 16.2. The molecule has 3 atom stereocenters. The highest BCUT2D eigenvalue weighted by atomic mass is 16.6. The molecule has 1 aliphatic carbocycles. The molecule has 12 heteroatoms. The summed E-state index contributed by atoms with van der Waals surface area (Å²) in [5.41, 5.74) is 9.57. The molecule has 12 nitrogen and oxygen atoms in total. The summed E-state index contributed by atoms with van der Waals surface area (Å²) in [7, 11) is 1.76. The van der Waals surface area contributed by atoms with Crippen LogP contribution < -0.4 is 30.6 Å². The van der Waals surface area contributed by atoms with E-state index in [2.05, 4.69) is 41.3 Å². The first-order valence-corrected chi connectivity index (χ1v) is 16.2. The number of hydrogen-bond acceptors (Lipinski definition) is 10. The molecular weight excluding hydrogens is 604 g/mol. The number of fused-ring (bicyclic) bond motifs is 5. The molecule has 2 aliphatic rings. The highest BCUT2D eigenvalue weighted by Gasteiger charge is 2.33. The summed E-state index contributed by atoms with van der Waals surface area (Å²) in [6.07, 6.45) is 0.677. The minimum atomic E-state index is -1.10. The minimum Gasteiger partial charge on any atom is -0.504 e. The van der Waals surface area contributed by atoms with Crippen molar-refractivity contribution in [2.24, 2.45) is 22.6 Å². The number of rotatable bonds is 10.